The summed E-state index contributed by atoms with van der Waals surface area (Å²) in [5, 5.41) is 20.1. The summed E-state index contributed by atoms with van der Waals surface area (Å²) >= 11 is 0. The Hall–Kier alpha value is -3.51. The number of phenols is 2. The van der Waals surface area contributed by atoms with E-state index in [0.717, 1.165) is 33.6 Å². The van der Waals surface area contributed by atoms with Crippen LogP contribution in [0.15, 0.2) is 66.7 Å². The lowest BCUT2D eigenvalue weighted by molar-refractivity contribution is 0.0539. The molecule has 33 heavy (non-hydrogen) atoms. The van der Waals surface area contributed by atoms with E-state index >= 15 is 0 Å². The topological polar surface area (TPSA) is 62.2 Å². The first-order valence-corrected chi connectivity index (χ1v) is 11.1. The Morgan fingerprint density at radius 3 is 2.48 bits per heavy atom. The summed E-state index contributed by atoms with van der Waals surface area (Å²) in [6, 6.07) is 20.0. The summed E-state index contributed by atoms with van der Waals surface area (Å²) in [6.07, 6.45) is -1.09. The summed E-state index contributed by atoms with van der Waals surface area (Å²) in [4.78, 5) is 2.03. The van der Waals surface area contributed by atoms with Crippen molar-refractivity contribution in [3.63, 3.8) is 0 Å². The van der Waals surface area contributed by atoms with Crippen molar-refractivity contribution in [3.8, 4) is 23.0 Å². The zero-order valence-electron chi connectivity index (χ0n) is 18.4. The van der Waals surface area contributed by atoms with E-state index in [1.165, 1.54) is 0 Å². The minimum atomic E-state index is -0.703. The standard InChI is InChI=1S/C27H26FNO4/c1-17-24-14-22(31)7-10-25(24)33-27(26(17)19-3-2-4-21(30)13-19)18-5-8-23(9-6-18)32-12-11-29-15-20(28)16-29/h2-10,13-14,20,27,30-31H,11-12,15-16H2,1H3. The number of hydrogen-bond acceptors (Lipinski definition) is 5. The molecule has 1 atom stereocenters. The van der Waals surface area contributed by atoms with Gasteiger partial charge in [-0.15, -0.1) is 0 Å². The second-order valence-corrected chi connectivity index (χ2v) is 8.54. The van der Waals surface area contributed by atoms with Crippen molar-refractivity contribution in [2.75, 3.05) is 26.2 Å². The number of nitrogens with zero attached hydrogens (tertiary/aromatic N) is 1. The minimum Gasteiger partial charge on any atom is -0.508 e. The third-order valence-corrected chi connectivity index (χ3v) is 6.21. The quantitative estimate of drug-likeness (QED) is 0.544. The second-order valence-electron chi connectivity index (χ2n) is 8.54. The molecule has 2 heterocycles. The van der Waals surface area contributed by atoms with Crippen LogP contribution in [0.25, 0.3) is 11.1 Å². The van der Waals surface area contributed by atoms with Gasteiger partial charge in [-0.3, -0.25) is 4.90 Å². The fraction of sp³-hybridized carbons (Fsp3) is 0.259. The molecule has 0 aromatic heterocycles. The van der Waals surface area contributed by atoms with E-state index in [2.05, 4.69) is 0 Å². The van der Waals surface area contributed by atoms with Crippen LogP contribution in [0, 0.1) is 0 Å². The van der Waals surface area contributed by atoms with Gasteiger partial charge in [0.05, 0.1) is 0 Å². The molecule has 1 unspecified atom stereocenters. The highest BCUT2D eigenvalue weighted by Crippen LogP contribution is 2.47. The summed E-state index contributed by atoms with van der Waals surface area (Å²) in [5.74, 6) is 1.79. The number of fused-ring (bicyclic) bond motifs is 1. The third-order valence-electron chi connectivity index (χ3n) is 6.21. The van der Waals surface area contributed by atoms with Gasteiger partial charge in [-0.05, 0) is 66.1 Å². The van der Waals surface area contributed by atoms with Crippen LogP contribution in [0.4, 0.5) is 4.39 Å². The highest BCUT2D eigenvalue weighted by molar-refractivity contribution is 5.95. The van der Waals surface area contributed by atoms with E-state index < -0.39 is 6.17 Å². The molecule has 5 rings (SSSR count). The molecule has 6 heteroatoms. The molecule has 1 saturated heterocycles. The first-order valence-electron chi connectivity index (χ1n) is 11.1. The van der Waals surface area contributed by atoms with Crippen molar-refractivity contribution in [2.45, 2.75) is 19.2 Å². The van der Waals surface area contributed by atoms with Crippen LogP contribution < -0.4 is 9.47 Å². The summed E-state index contributed by atoms with van der Waals surface area (Å²) in [7, 11) is 0. The maximum atomic E-state index is 12.9. The van der Waals surface area contributed by atoms with Crippen molar-refractivity contribution in [3.05, 3.63) is 83.4 Å². The van der Waals surface area contributed by atoms with Crippen molar-refractivity contribution >= 4 is 11.1 Å². The molecule has 3 aromatic carbocycles. The van der Waals surface area contributed by atoms with Crippen LogP contribution in [-0.4, -0.2) is 47.5 Å². The van der Waals surface area contributed by atoms with E-state index in [1.807, 2.05) is 42.2 Å². The molecule has 0 aliphatic carbocycles. The normalized spacial score (nSPS) is 18.4. The Bertz CT molecular complexity index is 1180. The van der Waals surface area contributed by atoms with Crippen LogP contribution in [-0.2, 0) is 0 Å². The van der Waals surface area contributed by atoms with E-state index in [0.29, 0.717) is 32.0 Å². The Morgan fingerprint density at radius 2 is 1.76 bits per heavy atom. The number of likely N-dealkylation sites (tertiary alicyclic amines) is 1. The molecular formula is C27H26FNO4. The third kappa shape index (κ3) is 4.39. The average Bonchev–Trinajstić information content (AvgIpc) is 2.78. The highest BCUT2D eigenvalue weighted by Gasteiger charge is 2.30. The molecule has 0 radical (unpaired) electrons. The zero-order chi connectivity index (χ0) is 22.9. The number of benzene rings is 3. The number of allylic oxidation sites excluding steroid dienone is 1. The van der Waals surface area contributed by atoms with Crippen LogP contribution in [0.1, 0.15) is 29.7 Å². The molecule has 1 fully saturated rings. The number of hydrogen-bond donors (Lipinski definition) is 2. The molecule has 0 bridgehead atoms. The lowest BCUT2D eigenvalue weighted by Crippen LogP contribution is -2.49. The minimum absolute atomic E-state index is 0.173. The second kappa shape index (κ2) is 8.79. The molecule has 0 amide bonds. The molecule has 2 N–H and O–H groups in total. The molecule has 2 aliphatic rings. The highest BCUT2D eigenvalue weighted by atomic mass is 19.1. The lowest BCUT2D eigenvalue weighted by atomic mass is 9.86. The van der Waals surface area contributed by atoms with Gasteiger partial charge in [-0.1, -0.05) is 24.3 Å². The zero-order valence-corrected chi connectivity index (χ0v) is 18.4. The SMILES string of the molecule is CC1=C(c2cccc(O)c2)C(c2ccc(OCCN3CC(F)C3)cc2)Oc2ccc(O)cc21. The van der Waals surface area contributed by atoms with Crippen molar-refractivity contribution in [1.29, 1.82) is 0 Å². The van der Waals surface area contributed by atoms with E-state index in [-0.39, 0.29) is 17.6 Å². The van der Waals surface area contributed by atoms with Crippen molar-refractivity contribution in [2.24, 2.45) is 0 Å². The largest absolute Gasteiger partial charge is 0.508 e. The van der Waals surface area contributed by atoms with E-state index in [4.69, 9.17) is 9.47 Å². The summed E-state index contributed by atoms with van der Waals surface area (Å²) < 4.78 is 25.2. The lowest BCUT2D eigenvalue weighted by Gasteiger charge is -2.33. The number of halogens is 1. The number of rotatable bonds is 6. The van der Waals surface area contributed by atoms with E-state index in [9.17, 15) is 14.6 Å². The fourth-order valence-electron chi connectivity index (χ4n) is 4.44. The first kappa shape index (κ1) is 21.3. The maximum Gasteiger partial charge on any atom is 0.150 e. The van der Waals surface area contributed by atoms with Crippen molar-refractivity contribution < 1.29 is 24.1 Å². The van der Waals surface area contributed by atoms with Gasteiger partial charge in [0, 0.05) is 30.8 Å². The van der Waals surface area contributed by atoms with Gasteiger partial charge in [0.2, 0.25) is 0 Å². The van der Waals surface area contributed by atoms with Crippen molar-refractivity contribution in [1.82, 2.24) is 4.90 Å². The fourth-order valence-corrected chi connectivity index (χ4v) is 4.44. The molecule has 0 saturated carbocycles. The van der Waals surface area contributed by atoms with Crippen LogP contribution in [0.2, 0.25) is 0 Å². The first-order chi connectivity index (χ1) is 16.0. The molecule has 0 spiro atoms. The smallest absolute Gasteiger partial charge is 0.150 e. The Kier molecular flexibility index (Phi) is 5.68. The predicted octanol–water partition coefficient (Wildman–Crippen LogP) is 5.19. The van der Waals surface area contributed by atoms with Gasteiger partial charge in [0.15, 0.2) is 0 Å². The molecule has 5 nitrogen and oxygen atoms in total. The van der Waals surface area contributed by atoms with Gasteiger partial charge in [0.1, 0.15) is 41.9 Å². The Labute approximate surface area is 192 Å². The van der Waals surface area contributed by atoms with Crippen LogP contribution >= 0.6 is 0 Å². The average molecular weight is 448 g/mol. The molecule has 170 valence electrons. The Morgan fingerprint density at radius 1 is 1.00 bits per heavy atom. The summed E-state index contributed by atoms with van der Waals surface area (Å²) in [5.41, 5.74) is 4.53. The van der Waals surface area contributed by atoms with Gasteiger partial charge in [-0.25, -0.2) is 4.39 Å². The number of ether oxygens (including phenoxy) is 2. The van der Waals surface area contributed by atoms with Gasteiger partial charge in [0.25, 0.3) is 0 Å². The number of alkyl halides is 1. The van der Waals surface area contributed by atoms with Crippen LogP contribution in [0.3, 0.4) is 0 Å². The van der Waals surface area contributed by atoms with Gasteiger partial charge in [-0.2, -0.15) is 0 Å². The molecule has 3 aromatic rings. The monoisotopic (exact) mass is 447 g/mol. The van der Waals surface area contributed by atoms with Gasteiger partial charge >= 0.3 is 0 Å². The van der Waals surface area contributed by atoms with Crippen LogP contribution in [0.5, 0.6) is 23.0 Å². The van der Waals surface area contributed by atoms with Gasteiger partial charge < -0.3 is 19.7 Å². The summed E-state index contributed by atoms with van der Waals surface area (Å²) in [6.45, 7) is 4.20. The number of aromatic hydroxyl groups is 2. The predicted molar refractivity (Wildman–Crippen MR) is 125 cm³/mol. The Balaban J connectivity index is 1.42. The maximum absolute atomic E-state index is 12.9. The molecule has 2 aliphatic heterocycles. The number of phenolic OH excluding ortho intramolecular Hbond substituents is 2. The van der Waals surface area contributed by atoms with E-state index in [1.54, 1.807) is 36.4 Å². The molecular weight excluding hydrogens is 421 g/mol.